The van der Waals surface area contributed by atoms with Crippen LogP contribution in [0.15, 0.2) is 23.9 Å². The van der Waals surface area contributed by atoms with Gasteiger partial charge in [0.2, 0.25) is 0 Å². The standard InChI is InChI=1S/2C6H12N.C6H8N.3BrH.Mo/c3*1-6-2-4-7-5-3-6;;;;/h2*6H,2-5H2,1H3;2-4H,5H2,1H3;3*1H;/q3*-1;;;;+3/p-3. The Hall–Kier alpha value is 1.33. The van der Waals surface area contributed by atoms with Gasteiger partial charge >= 0.3 is 51.0 Å². The van der Waals surface area contributed by atoms with Gasteiger partial charge in [0.05, 0.1) is 0 Å². The van der Waals surface area contributed by atoms with Crippen LogP contribution in [0.5, 0.6) is 0 Å². The van der Waals surface area contributed by atoms with Gasteiger partial charge in [-0.3, -0.25) is 0 Å². The average Bonchev–Trinajstić information content (AvgIpc) is 2.58. The van der Waals surface area contributed by atoms with E-state index in [2.05, 4.69) is 82.7 Å². The van der Waals surface area contributed by atoms with E-state index in [4.69, 9.17) is 0 Å². The van der Waals surface area contributed by atoms with Crippen LogP contribution in [0.3, 0.4) is 0 Å². The molecule has 2 fully saturated rings. The van der Waals surface area contributed by atoms with Crippen LogP contribution in [-0.2, 0) is 11.1 Å². The fourth-order valence-corrected chi connectivity index (χ4v) is 2.25. The summed E-state index contributed by atoms with van der Waals surface area (Å²) < 4.78 is 0. The summed E-state index contributed by atoms with van der Waals surface area (Å²) in [6.45, 7) is 12.0. The summed E-state index contributed by atoms with van der Waals surface area (Å²) in [6.07, 6.45) is 11.2. The Balaban J connectivity index is 0.000000314. The zero-order valence-corrected chi connectivity index (χ0v) is 22.4. The number of hydrogen-bond acceptors (Lipinski definition) is 0. The first-order valence-electron chi connectivity index (χ1n) is 8.91. The predicted octanol–water partition coefficient (Wildman–Crippen LogP) is 7.95. The summed E-state index contributed by atoms with van der Waals surface area (Å²) in [7, 11) is 0. The molecule has 0 spiro atoms. The van der Waals surface area contributed by atoms with Crippen LogP contribution in [0.4, 0.5) is 0 Å². The van der Waals surface area contributed by atoms with E-state index in [9.17, 15) is 0 Å². The maximum atomic E-state index is 4.23. The molecule has 0 N–H and O–H groups in total. The molecule has 3 heterocycles. The molecule has 3 rings (SSSR count). The van der Waals surface area contributed by atoms with Gasteiger partial charge < -0.3 is 16.0 Å². The van der Waals surface area contributed by atoms with Crippen LogP contribution >= 0.6 is 39.9 Å². The van der Waals surface area contributed by atoms with Crippen molar-refractivity contribution in [2.24, 2.45) is 11.8 Å². The summed E-state index contributed by atoms with van der Waals surface area (Å²) in [4.78, 5) is 0. The van der Waals surface area contributed by atoms with Crippen molar-refractivity contribution >= 4 is 39.9 Å². The Morgan fingerprint density at radius 3 is 1.44 bits per heavy atom. The molecule has 0 aromatic rings. The number of halogens is 3. The van der Waals surface area contributed by atoms with E-state index < -0.39 is 11.1 Å². The molecule has 0 unspecified atom stereocenters. The van der Waals surface area contributed by atoms with Crippen molar-refractivity contribution in [2.45, 2.75) is 46.5 Å². The van der Waals surface area contributed by atoms with Crippen molar-refractivity contribution in [3.8, 4) is 0 Å². The molecular weight excluding hydrogens is 594 g/mol. The van der Waals surface area contributed by atoms with Crippen molar-refractivity contribution < 1.29 is 11.1 Å². The second-order valence-corrected chi connectivity index (χ2v) is 34.3. The average molecular weight is 626 g/mol. The quantitative estimate of drug-likeness (QED) is 0.245. The molecule has 3 aliphatic rings. The van der Waals surface area contributed by atoms with E-state index in [1.165, 1.54) is 31.3 Å². The van der Waals surface area contributed by atoms with Gasteiger partial charge in [-0.2, -0.15) is 6.20 Å². The summed E-state index contributed by atoms with van der Waals surface area (Å²) >= 11 is 8.90. The number of nitrogens with zero attached hydrogens (tertiary/aromatic N) is 3. The summed E-state index contributed by atoms with van der Waals surface area (Å²) in [5.41, 5.74) is 1.31. The monoisotopic (exact) mass is 625 g/mol. The van der Waals surface area contributed by atoms with Gasteiger partial charge in [0.25, 0.3) is 0 Å². The first kappa shape index (κ1) is 26.3. The minimum atomic E-state index is -0.919. The Bertz CT molecular complexity index is 335. The van der Waals surface area contributed by atoms with Crippen molar-refractivity contribution in [1.29, 1.82) is 0 Å². The van der Waals surface area contributed by atoms with Gasteiger partial charge in [-0.05, 0) is 18.8 Å². The third kappa shape index (κ3) is 21.5. The number of allylic oxidation sites excluding steroid dienone is 2. The fraction of sp³-hybridized carbons (Fsp3) is 0.778. The van der Waals surface area contributed by atoms with Crippen molar-refractivity contribution in [2.75, 3.05) is 32.7 Å². The van der Waals surface area contributed by atoms with Crippen molar-refractivity contribution in [3.05, 3.63) is 39.9 Å². The van der Waals surface area contributed by atoms with Gasteiger partial charge in [0.15, 0.2) is 0 Å². The molecule has 0 aliphatic carbocycles. The number of rotatable bonds is 0. The van der Waals surface area contributed by atoms with Crippen LogP contribution in [0.2, 0.25) is 0 Å². The third-order valence-corrected chi connectivity index (χ3v) is 4.08. The normalized spacial score (nSPS) is 20.7. The van der Waals surface area contributed by atoms with Crippen LogP contribution in [0.25, 0.3) is 16.0 Å². The van der Waals surface area contributed by atoms with Gasteiger partial charge in [0.1, 0.15) is 0 Å². The molecule has 0 saturated carbocycles. The van der Waals surface area contributed by atoms with E-state index in [-0.39, 0.29) is 0 Å². The molecule has 0 aromatic heterocycles. The molecule has 7 heteroatoms. The van der Waals surface area contributed by atoms with Gasteiger partial charge in [-0.25, -0.2) is 0 Å². The summed E-state index contributed by atoms with van der Waals surface area (Å²) in [5, 5.41) is 12.4. The first-order chi connectivity index (χ1) is 11.9. The van der Waals surface area contributed by atoms with Crippen molar-refractivity contribution in [1.82, 2.24) is 0 Å². The molecule has 25 heavy (non-hydrogen) atoms. The van der Waals surface area contributed by atoms with E-state index in [0.717, 1.165) is 44.6 Å². The molecule has 2 saturated heterocycles. The molecule has 0 bridgehead atoms. The second-order valence-electron chi connectivity index (χ2n) is 6.51. The predicted molar refractivity (Wildman–Crippen MR) is 121 cm³/mol. The third-order valence-electron chi connectivity index (χ3n) is 4.08. The molecule has 0 atom stereocenters. The first-order valence-corrected chi connectivity index (χ1v) is 22.7. The second kappa shape index (κ2) is 18.7. The molecule has 0 aromatic carbocycles. The summed E-state index contributed by atoms with van der Waals surface area (Å²) in [6, 6.07) is 0. The van der Waals surface area contributed by atoms with Crippen LogP contribution in [-0.4, -0.2) is 32.7 Å². The van der Waals surface area contributed by atoms with Crippen LogP contribution in [0, 0.1) is 11.8 Å². The molecule has 149 valence electrons. The zero-order valence-electron chi connectivity index (χ0n) is 15.6. The van der Waals surface area contributed by atoms with Crippen molar-refractivity contribution in [3.63, 3.8) is 0 Å². The topological polar surface area (TPSA) is 42.3 Å². The molecule has 3 aliphatic heterocycles. The van der Waals surface area contributed by atoms with Crippen LogP contribution < -0.4 is 0 Å². The van der Waals surface area contributed by atoms with E-state index in [1.54, 1.807) is 0 Å². The van der Waals surface area contributed by atoms with Crippen LogP contribution in [0.1, 0.15) is 46.5 Å². The summed E-state index contributed by atoms with van der Waals surface area (Å²) in [5.74, 6) is 1.88. The Morgan fingerprint density at radius 1 is 0.880 bits per heavy atom. The van der Waals surface area contributed by atoms with E-state index in [1.807, 2.05) is 12.3 Å². The van der Waals surface area contributed by atoms with Gasteiger partial charge in [0, 0.05) is 0 Å². The Labute approximate surface area is 180 Å². The zero-order chi connectivity index (χ0) is 18.9. The molecule has 3 nitrogen and oxygen atoms in total. The molecule has 0 radical (unpaired) electrons. The Morgan fingerprint density at radius 2 is 1.28 bits per heavy atom. The SMILES string of the molecule is CC1=CC[N-]C=C1.CC1CC[N-]CC1.CC1CC[N-]CC1.[Br][Mo]([Br])[Br]. The molecule has 0 amide bonds. The number of hydrogen-bond donors (Lipinski definition) is 0. The van der Waals surface area contributed by atoms with E-state index in [0.29, 0.717) is 0 Å². The van der Waals surface area contributed by atoms with Gasteiger partial charge in [-0.15, -0.1) is 32.7 Å². The Kier molecular flexibility index (Phi) is 19.7. The van der Waals surface area contributed by atoms with Gasteiger partial charge in [-0.1, -0.05) is 57.3 Å². The molecular formula is C18H32Br3MoN3-3. The minimum absolute atomic E-state index is 0.863. The number of piperidine rings is 2. The maximum absolute atomic E-state index is 4.23. The van der Waals surface area contributed by atoms with E-state index >= 15 is 0 Å². The fourth-order valence-electron chi connectivity index (χ4n) is 2.25.